The smallest absolute Gasteiger partial charge is 0.262 e. The molecule has 1 N–H and O–H groups in total. The van der Waals surface area contributed by atoms with E-state index in [9.17, 15) is 0 Å². The van der Waals surface area contributed by atoms with Crippen molar-refractivity contribution >= 4 is 16.9 Å². The molecule has 0 bridgehead atoms. The van der Waals surface area contributed by atoms with Crippen molar-refractivity contribution in [2.45, 2.75) is 25.2 Å². The molecule has 5 heteroatoms. The average molecular weight is 280 g/mol. The van der Waals surface area contributed by atoms with Crippen LogP contribution in [0.25, 0.3) is 11.1 Å². The van der Waals surface area contributed by atoms with Gasteiger partial charge in [-0.1, -0.05) is 29.4 Å². The molecule has 0 radical (unpaired) electrons. The summed E-state index contributed by atoms with van der Waals surface area (Å²) in [6, 6.07) is 8.74. The summed E-state index contributed by atoms with van der Waals surface area (Å²) in [6.45, 7) is 0.869. The van der Waals surface area contributed by atoms with Gasteiger partial charge < -0.3 is 9.84 Å². The van der Waals surface area contributed by atoms with E-state index in [1.165, 1.54) is 36.7 Å². The molecule has 4 rings (SSSR count). The molecule has 1 aliphatic rings. The Labute approximate surface area is 122 Å². The highest BCUT2D eigenvalue weighted by Crippen LogP contribution is 2.31. The maximum atomic E-state index is 5.07. The molecular weight excluding hydrogens is 264 g/mol. The number of fused-ring (bicyclic) bond motifs is 2. The first-order valence-electron chi connectivity index (χ1n) is 7.29. The van der Waals surface area contributed by atoms with E-state index in [0.717, 1.165) is 17.7 Å². The minimum absolute atomic E-state index is 0.525. The molecule has 0 amide bonds. The lowest BCUT2D eigenvalue weighted by atomic mass is 9.83. The summed E-state index contributed by atoms with van der Waals surface area (Å²) in [5.41, 5.74) is 3.47. The van der Waals surface area contributed by atoms with Gasteiger partial charge in [-0.05, 0) is 30.4 Å². The van der Waals surface area contributed by atoms with Gasteiger partial charge in [-0.25, -0.2) is 4.98 Å². The van der Waals surface area contributed by atoms with E-state index in [2.05, 4.69) is 44.7 Å². The van der Waals surface area contributed by atoms with Crippen LogP contribution in [0, 0.1) is 0 Å². The molecule has 1 aromatic carbocycles. The lowest BCUT2D eigenvalue weighted by Gasteiger charge is -2.25. The fraction of sp³-hybridized carbons (Fsp3) is 0.312. The maximum Gasteiger partial charge on any atom is 0.262 e. The van der Waals surface area contributed by atoms with Crippen molar-refractivity contribution in [1.29, 1.82) is 0 Å². The van der Waals surface area contributed by atoms with Crippen LogP contribution in [-0.2, 0) is 6.42 Å². The molecule has 0 saturated heterocycles. The summed E-state index contributed by atoms with van der Waals surface area (Å²) in [5, 5.41) is 8.04. The number of aromatic nitrogens is 3. The van der Waals surface area contributed by atoms with Crippen molar-refractivity contribution in [2.75, 3.05) is 11.9 Å². The lowest BCUT2D eigenvalue weighted by Crippen LogP contribution is -2.18. The Morgan fingerprint density at radius 3 is 3.19 bits per heavy atom. The summed E-state index contributed by atoms with van der Waals surface area (Å²) >= 11 is 0. The van der Waals surface area contributed by atoms with Crippen LogP contribution in [-0.4, -0.2) is 21.7 Å². The summed E-state index contributed by atoms with van der Waals surface area (Å²) in [6.07, 6.45) is 6.81. The number of hydrogen-bond acceptors (Lipinski definition) is 5. The van der Waals surface area contributed by atoms with E-state index in [4.69, 9.17) is 4.52 Å². The fourth-order valence-electron chi connectivity index (χ4n) is 3.12. The predicted molar refractivity (Wildman–Crippen MR) is 80.2 cm³/mol. The van der Waals surface area contributed by atoms with E-state index in [0.29, 0.717) is 11.6 Å². The summed E-state index contributed by atoms with van der Waals surface area (Å²) < 4.78 is 5.07. The Hall–Kier alpha value is -2.43. The molecular formula is C16H16N4O. The summed E-state index contributed by atoms with van der Waals surface area (Å²) in [5.74, 6) is 1.32. The van der Waals surface area contributed by atoms with Crippen LogP contribution in [0.5, 0.6) is 0 Å². The predicted octanol–water partition coefficient (Wildman–Crippen LogP) is 3.15. The minimum Gasteiger partial charge on any atom is -0.369 e. The zero-order chi connectivity index (χ0) is 14.1. The number of nitrogens with one attached hydrogen (secondary N) is 1. The third-order valence-electron chi connectivity index (χ3n) is 4.18. The maximum absolute atomic E-state index is 5.07. The number of rotatable bonds is 3. The highest BCUT2D eigenvalue weighted by molar-refractivity contribution is 5.84. The van der Waals surface area contributed by atoms with E-state index in [-0.39, 0.29) is 0 Å². The van der Waals surface area contributed by atoms with Crippen LogP contribution in [0.4, 0.5) is 5.82 Å². The van der Waals surface area contributed by atoms with Crippen molar-refractivity contribution in [1.82, 2.24) is 15.1 Å². The number of benzene rings is 1. The van der Waals surface area contributed by atoms with E-state index < -0.39 is 0 Å². The standard InChI is InChI=1S/C16H16N4O/c1-2-7-13-11(4-1)5-3-6-12(13)8-17-15-14-9-20-21-16(14)19-10-18-15/h1-2,4,7,9-10,12H,3,5-6,8H2,(H,17,18,19)/t12-/m0/s1. The molecule has 1 atom stereocenters. The van der Waals surface area contributed by atoms with E-state index in [1.807, 2.05) is 0 Å². The topological polar surface area (TPSA) is 63.8 Å². The van der Waals surface area contributed by atoms with Gasteiger partial charge in [-0.15, -0.1) is 0 Å². The molecule has 0 spiro atoms. The van der Waals surface area contributed by atoms with Crippen LogP contribution in [0.1, 0.15) is 29.9 Å². The van der Waals surface area contributed by atoms with Crippen LogP contribution in [0.15, 0.2) is 41.3 Å². The molecule has 21 heavy (non-hydrogen) atoms. The Balaban J connectivity index is 1.57. The largest absolute Gasteiger partial charge is 0.369 e. The first kappa shape index (κ1) is 12.3. The Kier molecular flexibility index (Phi) is 3.03. The quantitative estimate of drug-likeness (QED) is 0.798. The van der Waals surface area contributed by atoms with Gasteiger partial charge in [0, 0.05) is 12.5 Å². The van der Waals surface area contributed by atoms with Crippen LogP contribution in [0.2, 0.25) is 0 Å². The molecule has 0 fully saturated rings. The van der Waals surface area contributed by atoms with Crippen molar-refractivity contribution in [2.24, 2.45) is 0 Å². The van der Waals surface area contributed by atoms with Crippen molar-refractivity contribution in [3.8, 4) is 0 Å². The van der Waals surface area contributed by atoms with Crippen LogP contribution in [0.3, 0.4) is 0 Å². The third-order valence-corrected chi connectivity index (χ3v) is 4.18. The van der Waals surface area contributed by atoms with Crippen molar-refractivity contribution in [3.63, 3.8) is 0 Å². The van der Waals surface area contributed by atoms with Gasteiger partial charge >= 0.3 is 0 Å². The number of aryl methyl sites for hydroxylation is 1. The Bertz CT molecular complexity index is 768. The third kappa shape index (κ3) is 2.24. The average Bonchev–Trinajstić information content (AvgIpc) is 3.02. The Morgan fingerprint density at radius 2 is 2.19 bits per heavy atom. The molecule has 5 nitrogen and oxygen atoms in total. The second kappa shape index (κ2) is 5.16. The van der Waals surface area contributed by atoms with E-state index in [1.54, 1.807) is 6.20 Å². The number of hydrogen-bond donors (Lipinski definition) is 1. The second-order valence-electron chi connectivity index (χ2n) is 5.44. The highest BCUT2D eigenvalue weighted by Gasteiger charge is 2.20. The second-order valence-corrected chi connectivity index (χ2v) is 5.44. The number of anilines is 1. The first-order chi connectivity index (χ1) is 10.4. The highest BCUT2D eigenvalue weighted by atomic mass is 16.5. The van der Waals surface area contributed by atoms with Crippen LogP contribution >= 0.6 is 0 Å². The summed E-state index contributed by atoms with van der Waals surface area (Å²) in [7, 11) is 0. The van der Waals surface area contributed by atoms with Gasteiger partial charge in [0.2, 0.25) is 0 Å². The molecule has 106 valence electrons. The zero-order valence-electron chi connectivity index (χ0n) is 11.6. The molecule has 0 saturated carbocycles. The monoisotopic (exact) mass is 280 g/mol. The Morgan fingerprint density at radius 1 is 1.24 bits per heavy atom. The van der Waals surface area contributed by atoms with Gasteiger partial charge in [0.05, 0.1) is 6.20 Å². The van der Waals surface area contributed by atoms with Crippen molar-refractivity contribution in [3.05, 3.63) is 47.9 Å². The van der Waals surface area contributed by atoms with Gasteiger partial charge in [0.25, 0.3) is 5.71 Å². The van der Waals surface area contributed by atoms with Gasteiger partial charge in [-0.3, -0.25) is 0 Å². The molecule has 1 aliphatic carbocycles. The number of nitrogens with zero attached hydrogens (tertiary/aromatic N) is 3. The SMILES string of the molecule is c1ccc2c(c1)CCC[C@H]2CNc1ncnc2oncc12. The molecule has 0 aliphatic heterocycles. The molecule has 3 aromatic rings. The first-order valence-corrected chi connectivity index (χ1v) is 7.29. The van der Waals surface area contributed by atoms with Gasteiger partial charge in [-0.2, -0.15) is 4.98 Å². The van der Waals surface area contributed by atoms with Crippen molar-refractivity contribution < 1.29 is 4.52 Å². The van der Waals surface area contributed by atoms with E-state index >= 15 is 0 Å². The minimum atomic E-state index is 0.525. The van der Waals surface area contributed by atoms with Gasteiger partial charge in [0.1, 0.15) is 17.5 Å². The molecule has 2 aromatic heterocycles. The zero-order valence-corrected chi connectivity index (χ0v) is 11.6. The molecule has 0 unspecified atom stereocenters. The van der Waals surface area contributed by atoms with Crippen LogP contribution < -0.4 is 5.32 Å². The fourth-order valence-corrected chi connectivity index (χ4v) is 3.12. The lowest BCUT2D eigenvalue weighted by molar-refractivity contribution is 0.448. The van der Waals surface area contributed by atoms with Gasteiger partial charge in [0.15, 0.2) is 0 Å². The normalized spacial score (nSPS) is 17.6. The molecule has 2 heterocycles. The summed E-state index contributed by atoms with van der Waals surface area (Å²) in [4.78, 5) is 8.35.